The molecular weight excluding hydrogens is 312 g/mol. The van der Waals surface area contributed by atoms with Crippen LogP contribution < -0.4 is 11.1 Å². The lowest BCUT2D eigenvalue weighted by atomic mass is 10.1. The quantitative estimate of drug-likeness (QED) is 0.556. The van der Waals surface area contributed by atoms with E-state index in [1.807, 2.05) is 24.3 Å². The second kappa shape index (κ2) is 7.76. The number of hydrogen-bond acceptors (Lipinski definition) is 5. The third kappa shape index (κ3) is 4.09. The zero-order chi connectivity index (χ0) is 16.8. The van der Waals surface area contributed by atoms with Crippen molar-refractivity contribution in [1.29, 1.82) is 0 Å². The lowest BCUT2D eigenvalue weighted by Crippen LogP contribution is -2.15. The normalized spacial score (nSPS) is 12.5. The maximum Gasteiger partial charge on any atom is 0.165 e. The van der Waals surface area contributed by atoms with Gasteiger partial charge in [-0.15, -0.1) is 0 Å². The number of nitrogens with zero attached hydrogens (tertiary/aromatic N) is 2. The van der Waals surface area contributed by atoms with Crippen LogP contribution in [0.15, 0.2) is 53.8 Å². The molecule has 2 aromatic rings. The van der Waals surface area contributed by atoms with E-state index in [1.54, 1.807) is 13.0 Å². The Kier molecular flexibility index (Phi) is 5.73. The van der Waals surface area contributed by atoms with E-state index in [-0.39, 0.29) is 10.8 Å². The molecule has 1 aromatic carbocycles. The van der Waals surface area contributed by atoms with Crippen molar-refractivity contribution >= 4 is 33.9 Å². The molecule has 0 fully saturated rings. The third-order valence-electron chi connectivity index (χ3n) is 3.13. The number of aliphatic hydroxyl groups excluding tert-OH is 1. The maximum atomic E-state index is 10.1. The number of fused-ring (bicyclic) bond motifs is 1. The molecule has 0 bridgehead atoms. The Bertz CT molecular complexity index is 783. The van der Waals surface area contributed by atoms with Crippen molar-refractivity contribution in [2.24, 2.45) is 5.73 Å². The molecule has 23 heavy (non-hydrogen) atoms. The molecule has 0 saturated carbocycles. The van der Waals surface area contributed by atoms with Crippen molar-refractivity contribution in [2.45, 2.75) is 6.92 Å². The summed E-state index contributed by atoms with van der Waals surface area (Å²) < 4.78 is 0. The first-order valence-corrected chi connectivity index (χ1v) is 7.57. The number of anilines is 1. The van der Waals surface area contributed by atoms with Gasteiger partial charge in [0.25, 0.3) is 0 Å². The smallest absolute Gasteiger partial charge is 0.165 e. The largest absolute Gasteiger partial charge is 0.508 e. The Morgan fingerprint density at radius 1 is 1.39 bits per heavy atom. The fraction of sp³-hybridized carbons (Fsp3) is 0.176. The molecule has 5 nitrogen and oxygen atoms in total. The van der Waals surface area contributed by atoms with E-state index in [1.165, 1.54) is 6.08 Å². The van der Waals surface area contributed by atoms with Gasteiger partial charge in [-0.3, -0.25) is 0 Å². The van der Waals surface area contributed by atoms with Crippen molar-refractivity contribution in [2.75, 3.05) is 18.4 Å². The minimum absolute atomic E-state index is 0.0341. The number of nitrogens with two attached hydrogens (primary N) is 1. The summed E-state index contributed by atoms with van der Waals surface area (Å²) in [5.74, 6) is 1.05. The van der Waals surface area contributed by atoms with Crippen molar-refractivity contribution in [3.8, 4) is 0 Å². The average molecular weight is 331 g/mol. The van der Waals surface area contributed by atoms with Crippen LogP contribution in [0.1, 0.15) is 12.7 Å². The van der Waals surface area contributed by atoms with E-state index < -0.39 is 0 Å². The highest BCUT2D eigenvalue weighted by molar-refractivity contribution is 6.31. The van der Waals surface area contributed by atoms with Crippen LogP contribution in [0.25, 0.3) is 16.5 Å². The molecule has 0 amide bonds. The molecule has 0 unspecified atom stereocenters. The number of rotatable bonds is 6. The molecule has 0 spiro atoms. The lowest BCUT2D eigenvalue weighted by Gasteiger charge is -2.12. The maximum absolute atomic E-state index is 10.1. The first kappa shape index (κ1) is 17.0. The molecule has 0 aliphatic rings. The van der Waals surface area contributed by atoms with Crippen molar-refractivity contribution < 1.29 is 5.11 Å². The number of halogens is 1. The van der Waals surface area contributed by atoms with E-state index in [4.69, 9.17) is 17.3 Å². The van der Waals surface area contributed by atoms with Crippen LogP contribution in [-0.4, -0.2) is 28.2 Å². The summed E-state index contributed by atoms with van der Waals surface area (Å²) in [5.41, 5.74) is 6.73. The molecule has 1 heterocycles. The van der Waals surface area contributed by atoms with E-state index in [9.17, 15) is 5.11 Å². The summed E-state index contributed by atoms with van der Waals surface area (Å²) in [6.07, 6.45) is 3.09. The Hall–Kier alpha value is -2.37. The molecule has 0 aliphatic carbocycles. The van der Waals surface area contributed by atoms with Gasteiger partial charge >= 0.3 is 0 Å². The number of benzene rings is 1. The second-order valence-electron chi connectivity index (χ2n) is 4.81. The van der Waals surface area contributed by atoms with Crippen LogP contribution >= 0.6 is 11.6 Å². The van der Waals surface area contributed by atoms with Gasteiger partial charge in [0.05, 0.1) is 11.1 Å². The number of aromatic nitrogens is 2. The summed E-state index contributed by atoms with van der Waals surface area (Å²) in [7, 11) is 0. The van der Waals surface area contributed by atoms with Crippen LogP contribution in [0.3, 0.4) is 0 Å². The van der Waals surface area contributed by atoms with E-state index in [2.05, 4.69) is 21.9 Å². The number of para-hydroxylation sites is 1. The van der Waals surface area contributed by atoms with Crippen LogP contribution in [0.2, 0.25) is 0 Å². The number of hydrogen-bond donors (Lipinski definition) is 3. The first-order valence-electron chi connectivity index (χ1n) is 7.19. The molecule has 4 N–H and O–H groups in total. The molecule has 120 valence electrons. The Morgan fingerprint density at radius 3 is 2.78 bits per heavy atom. The summed E-state index contributed by atoms with van der Waals surface area (Å²) in [4.78, 5) is 9.03. The first-order chi connectivity index (χ1) is 11.1. The fourth-order valence-electron chi connectivity index (χ4n) is 2.09. The van der Waals surface area contributed by atoms with E-state index in [0.29, 0.717) is 30.3 Å². The van der Waals surface area contributed by atoms with Gasteiger partial charge in [0, 0.05) is 23.5 Å². The Morgan fingerprint density at radius 2 is 2.13 bits per heavy atom. The fourth-order valence-corrected chi connectivity index (χ4v) is 2.20. The number of nitrogens with one attached hydrogen (secondary N) is 1. The SMILES string of the molecule is C=C(Cl)/C=C(\C(O)=C/C)c1nc(NCCN)c2ccccc2n1. The van der Waals surface area contributed by atoms with Gasteiger partial charge in [0.2, 0.25) is 0 Å². The van der Waals surface area contributed by atoms with Crippen LogP contribution in [0, 0.1) is 0 Å². The molecule has 0 atom stereocenters. The summed E-state index contributed by atoms with van der Waals surface area (Å²) >= 11 is 5.87. The standard InChI is InChI=1S/C17H19ClN4O/c1-3-15(23)13(10-11(2)18)17-21-14-7-5-4-6-12(14)16(22-17)20-9-8-19/h3-7,10,23H,2,8-9,19H2,1H3,(H,20,21,22)/b13-10+,15-3+. The van der Waals surface area contributed by atoms with Crippen LogP contribution in [0.5, 0.6) is 0 Å². The number of aliphatic hydroxyl groups is 1. The van der Waals surface area contributed by atoms with Gasteiger partial charge in [0.1, 0.15) is 11.6 Å². The van der Waals surface area contributed by atoms with Crippen LogP contribution in [-0.2, 0) is 0 Å². The Labute approximate surface area is 140 Å². The molecular formula is C17H19ClN4O. The highest BCUT2D eigenvalue weighted by atomic mass is 35.5. The average Bonchev–Trinajstić information content (AvgIpc) is 2.56. The van der Waals surface area contributed by atoms with E-state index in [0.717, 1.165) is 10.9 Å². The van der Waals surface area contributed by atoms with Gasteiger partial charge in [-0.05, 0) is 31.2 Å². The topological polar surface area (TPSA) is 84.1 Å². The van der Waals surface area contributed by atoms with Gasteiger partial charge in [-0.1, -0.05) is 30.3 Å². The molecule has 0 radical (unpaired) electrons. The summed E-state index contributed by atoms with van der Waals surface area (Å²) in [5, 5.41) is 14.5. The molecule has 2 rings (SSSR count). The van der Waals surface area contributed by atoms with Crippen molar-refractivity contribution in [3.63, 3.8) is 0 Å². The lowest BCUT2D eigenvalue weighted by molar-refractivity contribution is 0.436. The van der Waals surface area contributed by atoms with E-state index >= 15 is 0 Å². The zero-order valence-corrected chi connectivity index (χ0v) is 13.6. The predicted octanol–water partition coefficient (Wildman–Crippen LogP) is 3.60. The molecule has 1 aromatic heterocycles. The summed E-state index contributed by atoms with van der Waals surface area (Å²) in [6.45, 7) is 6.41. The number of allylic oxidation sites excluding steroid dienone is 4. The highest BCUT2D eigenvalue weighted by Crippen LogP contribution is 2.26. The second-order valence-corrected chi connectivity index (χ2v) is 5.29. The molecule has 0 saturated heterocycles. The Balaban J connectivity index is 2.66. The van der Waals surface area contributed by atoms with Gasteiger partial charge in [-0.25, -0.2) is 9.97 Å². The van der Waals surface area contributed by atoms with Gasteiger partial charge in [-0.2, -0.15) is 0 Å². The minimum atomic E-state index is 0.0341. The minimum Gasteiger partial charge on any atom is -0.508 e. The molecule has 0 aliphatic heterocycles. The summed E-state index contributed by atoms with van der Waals surface area (Å²) in [6, 6.07) is 7.62. The van der Waals surface area contributed by atoms with Crippen molar-refractivity contribution in [3.05, 3.63) is 59.6 Å². The van der Waals surface area contributed by atoms with Crippen molar-refractivity contribution in [1.82, 2.24) is 9.97 Å². The zero-order valence-electron chi connectivity index (χ0n) is 12.9. The monoisotopic (exact) mass is 330 g/mol. The predicted molar refractivity (Wildman–Crippen MR) is 96.4 cm³/mol. The van der Waals surface area contributed by atoms with Crippen LogP contribution in [0.4, 0.5) is 5.82 Å². The highest BCUT2D eigenvalue weighted by Gasteiger charge is 2.14. The third-order valence-corrected chi connectivity index (χ3v) is 3.24. The van der Waals surface area contributed by atoms with Gasteiger partial charge in [0.15, 0.2) is 5.82 Å². The van der Waals surface area contributed by atoms with Gasteiger partial charge < -0.3 is 16.2 Å². The molecule has 6 heteroatoms.